The van der Waals surface area contributed by atoms with E-state index in [-0.39, 0.29) is 0 Å². The molecule has 0 aromatic heterocycles. The number of anilines is 1. The summed E-state index contributed by atoms with van der Waals surface area (Å²) in [7, 11) is 0. The molecule has 88 valence electrons. The van der Waals surface area contributed by atoms with Gasteiger partial charge in [-0.3, -0.25) is 0 Å². The molecule has 3 heteroatoms. The van der Waals surface area contributed by atoms with Gasteiger partial charge < -0.3 is 10.5 Å². The second kappa shape index (κ2) is 5.23. The summed E-state index contributed by atoms with van der Waals surface area (Å²) < 4.78 is 6.82. The standard InChI is InChI=1S/C14H14BrNO/c1-10-13(16)6-3-7-14(10)17-9-11-4-2-5-12(15)8-11/h2-8H,9,16H2,1H3. The Morgan fingerprint density at radius 2 is 1.94 bits per heavy atom. The second-order valence-corrected chi connectivity index (χ2v) is 4.80. The number of hydrogen-bond donors (Lipinski definition) is 1. The monoisotopic (exact) mass is 291 g/mol. The summed E-state index contributed by atoms with van der Waals surface area (Å²) in [6.45, 7) is 2.51. The van der Waals surface area contributed by atoms with Crippen molar-refractivity contribution in [2.45, 2.75) is 13.5 Å². The van der Waals surface area contributed by atoms with E-state index in [1.165, 1.54) is 0 Å². The Balaban J connectivity index is 2.10. The van der Waals surface area contributed by atoms with Crippen LogP contribution in [-0.2, 0) is 6.61 Å². The van der Waals surface area contributed by atoms with E-state index >= 15 is 0 Å². The minimum absolute atomic E-state index is 0.545. The zero-order chi connectivity index (χ0) is 12.3. The predicted octanol–water partition coefficient (Wildman–Crippen LogP) is 3.92. The Kier molecular flexibility index (Phi) is 3.69. The van der Waals surface area contributed by atoms with Crippen LogP contribution in [-0.4, -0.2) is 0 Å². The van der Waals surface area contributed by atoms with Crippen molar-refractivity contribution in [3.05, 3.63) is 58.1 Å². The number of hydrogen-bond acceptors (Lipinski definition) is 2. The third kappa shape index (κ3) is 3.01. The fourth-order valence-electron chi connectivity index (χ4n) is 1.58. The smallest absolute Gasteiger partial charge is 0.124 e. The fraction of sp³-hybridized carbons (Fsp3) is 0.143. The molecule has 0 aliphatic heterocycles. The fourth-order valence-corrected chi connectivity index (χ4v) is 2.02. The van der Waals surface area contributed by atoms with Gasteiger partial charge in [0.05, 0.1) is 0 Å². The van der Waals surface area contributed by atoms with Crippen molar-refractivity contribution < 1.29 is 4.74 Å². The van der Waals surface area contributed by atoms with Crippen LogP contribution in [0.5, 0.6) is 5.75 Å². The number of nitrogen functional groups attached to an aromatic ring is 1. The second-order valence-electron chi connectivity index (χ2n) is 3.89. The van der Waals surface area contributed by atoms with Crippen LogP contribution in [0.25, 0.3) is 0 Å². The summed E-state index contributed by atoms with van der Waals surface area (Å²) in [6.07, 6.45) is 0. The first-order valence-electron chi connectivity index (χ1n) is 5.39. The molecule has 0 heterocycles. The molecule has 0 fully saturated rings. The molecule has 2 rings (SSSR count). The van der Waals surface area contributed by atoms with Crippen LogP contribution in [0, 0.1) is 6.92 Å². The maximum Gasteiger partial charge on any atom is 0.124 e. The van der Waals surface area contributed by atoms with Gasteiger partial charge in [-0.15, -0.1) is 0 Å². The number of ether oxygens (including phenoxy) is 1. The molecule has 0 aliphatic carbocycles. The molecule has 2 N–H and O–H groups in total. The average molecular weight is 292 g/mol. The highest BCUT2D eigenvalue weighted by molar-refractivity contribution is 9.10. The van der Waals surface area contributed by atoms with E-state index in [0.29, 0.717) is 6.61 Å². The highest BCUT2D eigenvalue weighted by Crippen LogP contribution is 2.24. The summed E-state index contributed by atoms with van der Waals surface area (Å²) in [6, 6.07) is 13.8. The van der Waals surface area contributed by atoms with Crippen LogP contribution >= 0.6 is 15.9 Å². The van der Waals surface area contributed by atoms with Gasteiger partial charge in [0.1, 0.15) is 12.4 Å². The van der Waals surface area contributed by atoms with Gasteiger partial charge in [-0.05, 0) is 36.8 Å². The van der Waals surface area contributed by atoms with Gasteiger partial charge in [0.25, 0.3) is 0 Å². The first kappa shape index (κ1) is 12.0. The summed E-state index contributed by atoms with van der Waals surface area (Å²) in [5.74, 6) is 0.838. The molecule has 2 aromatic carbocycles. The van der Waals surface area contributed by atoms with Crippen molar-refractivity contribution in [1.82, 2.24) is 0 Å². The Morgan fingerprint density at radius 3 is 2.71 bits per heavy atom. The molecule has 2 aromatic rings. The van der Waals surface area contributed by atoms with E-state index in [0.717, 1.165) is 27.0 Å². The van der Waals surface area contributed by atoms with Crippen molar-refractivity contribution >= 4 is 21.6 Å². The maximum absolute atomic E-state index is 5.83. The highest BCUT2D eigenvalue weighted by Gasteiger charge is 2.02. The molecule has 0 aliphatic rings. The lowest BCUT2D eigenvalue weighted by atomic mass is 10.2. The van der Waals surface area contributed by atoms with Gasteiger partial charge in [-0.1, -0.05) is 34.1 Å². The van der Waals surface area contributed by atoms with Crippen molar-refractivity contribution in [1.29, 1.82) is 0 Å². The number of nitrogens with two attached hydrogens (primary N) is 1. The zero-order valence-corrected chi connectivity index (χ0v) is 11.2. The SMILES string of the molecule is Cc1c(N)cccc1OCc1cccc(Br)c1. The van der Waals surface area contributed by atoms with E-state index in [2.05, 4.69) is 15.9 Å². The molecule has 0 saturated carbocycles. The van der Waals surface area contributed by atoms with Crippen molar-refractivity contribution in [3.63, 3.8) is 0 Å². The molecular formula is C14H14BrNO. The minimum Gasteiger partial charge on any atom is -0.489 e. The van der Waals surface area contributed by atoms with Crippen LogP contribution < -0.4 is 10.5 Å². The molecule has 17 heavy (non-hydrogen) atoms. The van der Waals surface area contributed by atoms with E-state index in [1.54, 1.807) is 0 Å². The molecule has 0 atom stereocenters. The van der Waals surface area contributed by atoms with Gasteiger partial charge in [0, 0.05) is 15.7 Å². The van der Waals surface area contributed by atoms with E-state index < -0.39 is 0 Å². The summed E-state index contributed by atoms with van der Waals surface area (Å²) >= 11 is 3.44. The van der Waals surface area contributed by atoms with Gasteiger partial charge in [0.15, 0.2) is 0 Å². The largest absolute Gasteiger partial charge is 0.489 e. The van der Waals surface area contributed by atoms with E-state index in [4.69, 9.17) is 10.5 Å². The third-order valence-electron chi connectivity index (χ3n) is 2.61. The molecule has 0 bridgehead atoms. The minimum atomic E-state index is 0.545. The van der Waals surface area contributed by atoms with Gasteiger partial charge >= 0.3 is 0 Å². The normalized spacial score (nSPS) is 10.2. The Hall–Kier alpha value is -1.48. The topological polar surface area (TPSA) is 35.2 Å². The molecule has 0 radical (unpaired) electrons. The lowest BCUT2D eigenvalue weighted by molar-refractivity contribution is 0.304. The lowest BCUT2D eigenvalue weighted by Gasteiger charge is -2.10. The number of rotatable bonds is 3. The van der Waals surface area contributed by atoms with Crippen LogP contribution in [0.1, 0.15) is 11.1 Å². The first-order valence-corrected chi connectivity index (χ1v) is 6.18. The van der Waals surface area contributed by atoms with Crippen LogP contribution in [0.3, 0.4) is 0 Å². The van der Waals surface area contributed by atoms with Crippen molar-refractivity contribution in [2.24, 2.45) is 0 Å². The van der Waals surface area contributed by atoms with E-state index in [1.807, 2.05) is 49.4 Å². The van der Waals surface area contributed by atoms with Crippen molar-refractivity contribution in [2.75, 3.05) is 5.73 Å². The molecule has 0 amide bonds. The molecule has 0 spiro atoms. The summed E-state index contributed by atoms with van der Waals surface area (Å²) in [4.78, 5) is 0. The first-order chi connectivity index (χ1) is 8.16. The summed E-state index contributed by atoms with van der Waals surface area (Å²) in [5.41, 5.74) is 8.70. The maximum atomic E-state index is 5.83. The molecule has 0 unspecified atom stereocenters. The Labute approximate surface area is 110 Å². The average Bonchev–Trinajstić information content (AvgIpc) is 2.31. The quantitative estimate of drug-likeness (QED) is 0.870. The number of halogens is 1. The Morgan fingerprint density at radius 1 is 1.18 bits per heavy atom. The summed E-state index contributed by atoms with van der Waals surface area (Å²) in [5, 5.41) is 0. The van der Waals surface area contributed by atoms with Gasteiger partial charge in [-0.2, -0.15) is 0 Å². The van der Waals surface area contributed by atoms with Crippen LogP contribution in [0.2, 0.25) is 0 Å². The molecular weight excluding hydrogens is 278 g/mol. The molecule has 0 saturated heterocycles. The Bertz CT molecular complexity index is 525. The zero-order valence-electron chi connectivity index (χ0n) is 9.61. The van der Waals surface area contributed by atoms with Gasteiger partial charge in [0.2, 0.25) is 0 Å². The third-order valence-corrected chi connectivity index (χ3v) is 3.10. The lowest BCUT2D eigenvalue weighted by Crippen LogP contribution is -1.99. The predicted molar refractivity (Wildman–Crippen MR) is 74.1 cm³/mol. The van der Waals surface area contributed by atoms with Crippen LogP contribution in [0.15, 0.2) is 46.9 Å². The number of benzene rings is 2. The van der Waals surface area contributed by atoms with Crippen LogP contribution in [0.4, 0.5) is 5.69 Å². The van der Waals surface area contributed by atoms with Crippen molar-refractivity contribution in [3.8, 4) is 5.75 Å². The highest BCUT2D eigenvalue weighted by atomic mass is 79.9. The van der Waals surface area contributed by atoms with E-state index in [9.17, 15) is 0 Å². The van der Waals surface area contributed by atoms with Gasteiger partial charge in [-0.25, -0.2) is 0 Å². The molecule has 2 nitrogen and oxygen atoms in total.